The van der Waals surface area contributed by atoms with Gasteiger partial charge in [0.05, 0.1) is 0 Å². The van der Waals surface area contributed by atoms with Crippen molar-refractivity contribution in [3.63, 3.8) is 0 Å². The first kappa shape index (κ1) is 16.5. The van der Waals surface area contributed by atoms with E-state index >= 15 is 0 Å². The van der Waals surface area contributed by atoms with Gasteiger partial charge in [-0.1, -0.05) is 38.1 Å². The lowest BCUT2D eigenvalue weighted by molar-refractivity contribution is -0.135. The molecule has 0 fully saturated rings. The standard InChI is InChI=1S/C17H18N2O4/c1-10(2)11-3-5-12(6-4-11)13-7-14(20)16(18-8-13)17(23)19-9-15(21)22/h3-8,10,20H,9H2,1-2H3,(H,19,23)(H,21,22). The second-order valence-electron chi connectivity index (χ2n) is 5.44. The zero-order valence-corrected chi connectivity index (χ0v) is 12.9. The summed E-state index contributed by atoms with van der Waals surface area (Å²) in [7, 11) is 0. The summed E-state index contributed by atoms with van der Waals surface area (Å²) >= 11 is 0. The molecule has 2 rings (SSSR count). The van der Waals surface area contributed by atoms with Crippen LogP contribution in [0.3, 0.4) is 0 Å². The fraction of sp³-hybridized carbons (Fsp3) is 0.235. The molecule has 23 heavy (non-hydrogen) atoms. The Labute approximate surface area is 133 Å². The maximum atomic E-state index is 11.7. The van der Waals surface area contributed by atoms with E-state index in [1.54, 1.807) is 0 Å². The summed E-state index contributed by atoms with van der Waals surface area (Å²) in [5.74, 6) is -1.76. The van der Waals surface area contributed by atoms with Gasteiger partial charge in [0.25, 0.3) is 5.91 Å². The third kappa shape index (κ3) is 4.06. The van der Waals surface area contributed by atoms with Crippen LogP contribution in [-0.4, -0.2) is 33.6 Å². The molecule has 1 aromatic carbocycles. The first-order chi connectivity index (χ1) is 10.9. The van der Waals surface area contributed by atoms with E-state index in [-0.39, 0.29) is 11.4 Å². The largest absolute Gasteiger partial charge is 0.505 e. The van der Waals surface area contributed by atoms with Gasteiger partial charge in [-0.15, -0.1) is 0 Å². The molecule has 6 nitrogen and oxygen atoms in total. The van der Waals surface area contributed by atoms with Crippen molar-refractivity contribution in [1.29, 1.82) is 0 Å². The number of amides is 1. The van der Waals surface area contributed by atoms with Gasteiger partial charge in [-0.25, -0.2) is 4.98 Å². The summed E-state index contributed by atoms with van der Waals surface area (Å²) in [5.41, 5.74) is 2.55. The van der Waals surface area contributed by atoms with Crippen LogP contribution < -0.4 is 5.32 Å². The number of carbonyl (C=O) groups is 2. The van der Waals surface area contributed by atoms with Crippen LogP contribution in [0.1, 0.15) is 35.8 Å². The number of benzene rings is 1. The van der Waals surface area contributed by atoms with E-state index < -0.39 is 18.4 Å². The molecule has 120 valence electrons. The Morgan fingerprint density at radius 1 is 1.17 bits per heavy atom. The molecule has 0 unspecified atom stereocenters. The molecule has 0 atom stereocenters. The fourth-order valence-electron chi connectivity index (χ4n) is 2.09. The van der Waals surface area contributed by atoms with E-state index in [9.17, 15) is 14.7 Å². The fourth-order valence-corrected chi connectivity index (χ4v) is 2.09. The van der Waals surface area contributed by atoms with Crippen LogP contribution in [0.4, 0.5) is 0 Å². The van der Waals surface area contributed by atoms with Gasteiger partial charge in [0, 0.05) is 11.8 Å². The normalized spacial score (nSPS) is 10.6. The highest BCUT2D eigenvalue weighted by molar-refractivity contribution is 5.96. The highest BCUT2D eigenvalue weighted by atomic mass is 16.4. The quantitative estimate of drug-likeness (QED) is 0.787. The van der Waals surface area contributed by atoms with Crippen molar-refractivity contribution in [3.8, 4) is 16.9 Å². The summed E-state index contributed by atoms with van der Waals surface area (Å²) in [4.78, 5) is 26.1. The summed E-state index contributed by atoms with van der Waals surface area (Å²) in [6.07, 6.45) is 1.47. The molecule has 3 N–H and O–H groups in total. The average molecular weight is 314 g/mol. The highest BCUT2D eigenvalue weighted by Gasteiger charge is 2.15. The Morgan fingerprint density at radius 3 is 2.35 bits per heavy atom. The minimum absolute atomic E-state index is 0.200. The Hall–Kier alpha value is -2.89. The zero-order chi connectivity index (χ0) is 17.0. The molecule has 1 amide bonds. The Kier molecular flexibility index (Phi) is 4.95. The van der Waals surface area contributed by atoms with Gasteiger partial charge >= 0.3 is 5.97 Å². The van der Waals surface area contributed by atoms with Crippen molar-refractivity contribution in [1.82, 2.24) is 10.3 Å². The molecule has 0 aliphatic heterocycles. The van der Waals surface area contributed by atoms with Crippen molar-refractivity contribution in [3.05, 3.63) is 47.8 Å². The number of hydrogen-bond acceptors (Lipinski definition) is 4. The smallest absolute Gasteiger partial charge is 0.322 e. The first-order valence-corrected chi connectivity index (χ1v) is 7.18. The maximum Gasteiger partial charge on any atom is 0.322 e. The van der Waals surface area contributed by atoms with E-state index in [0.29, 0.717) is 11.5 Å². The molecule has 2 aromatic rings. The monoisotopic (exact) mass is 314 g/mol. The topological polar surface area (TPSA) is 99.5 Å². The molecule has 0 aliphatic carbocycles. The predicted molar refractivity (Wildman–Crippen MR) is 85.4 cm³/mol. The zero-order valence-electron chi connectivity index (χ0n) is 12.9. The molecule has 0 aliphatic rings. The van der Waals surface area contributed by atoms with Crippen molar-refractivity contribution in [2.75, 3.05) is 6.54 Å². The van der Waals surface area contributed by atoms with Gasteiger partial charge < -0.3 is 15.5 Å². The van der Waals surface area contributed by atoms with E-state index in [1.165, 1.54) is 17.8 Å². The van der Waals surface area contributed by atoms with Crippen molar-refractivity contribution in [2.45, 2.75) is 19.8 Å². The Morgan fingerprint density at radius 2 is 1.83 bits per heavy atom. The van der Waals surface area contributed by atoms with E-state index in [2.05, 4.69) is 24.1 Å². The molecular weight excluding hydrogens is 296 g/mol. The molecule has 0 radical (unpaired) electrons. The molecule has 0 saturated carbocycles. The lowest BCUT2D eigenvalue weighted by Gasteiger charge is -2.09. The van der Waals surface area contributed by atoms with E-state index in [1.807, 2.05) is 24.3 Å². The van der Waals surface area contributed by atoms with Crippen LogP contribution in [0, 0.1) is 0 Å². The van der Waals surface area contributed by atoms with Crippen LogP contribution in [0.15, 0.2) is 36.5 Å². The molecule has 1 aromatic heterocycles. The molecule has 0 bridgehead atoms. The highest BCUT2D eigenvalue weighted by Crippen LogP contribution is 2.26. The maximum absolute atomic E-state index is 11.7. The number of hydrogen-bond donors (Lipinski definition) is 3. The van der Waals surface area contributed by atoms with E-state index in [4.69, 9.17) is 5.11 Å². The summed E-state index contributed by atoms with van der Waals surface area (Å²) in [5, 5.41) is 20.7. The molecule has 0 spiro atoms. The van der Waals surface area contributed by atoms with Gasteiger partial charge in [0.15, 0.2) is 5.69 Å². The minimum Gasteiger partial charge on any atom is -0.505 e. The van der Waals surface area contributed by atoms with Crippen molar-refractivity contribution < 1.29 is 19.8 Å². The van der Waals surface area contributed by atoms with Crippen LogP contribution in [0.5, 0.6) is 5.75 Å². The van der Waals surface area contributed by atoms with Gasteiger partial charge in [-0.05, 0) is 23.1 Å². The second kappa shape index (κ2) is 6.91. The third-order valence-corrected chi connectivity index (χ3v) is 3.39. The number of aliphatic carboxylic acids is 1. The summed E-state index contributed by atoms with van der Waals surface area (Å²) in [6, 6.07) is 9.30. The number of carboxylic acids is 1. The predicted octanol–water partition coefficient (Wildman–Crippen LogP) is 2.39. The number of aromatic nitrogens is 1. The van der Waals surface area contributed by atoms with Crippen LogP contribution in [0.25, 0.3) is 11.1 Å². The molecule has 1 heterocycles. The van der Waals surface area contributed by atoms with Crippen LogP contribution >= 0.6 is 0 Å². The molecule has 6 heteroatoms. The number of rotatable bonds is 5. The first-order valence-electron chi connectivity index (χ1n) is 7.18. The van der Waals surface area contributed by atoms with Gasteiger partial charge in [0.2, 0.25) is 0 Å². The number of carboxylic acid groups (broad SMARTS) is 1. The number of carbonyl (C=O) groups excluding carboxylic acids is 1. The van der Waals surface area contributed by atoms with Crippen molar-refractivity contribution in [2.24, 2.45) is 0 Å². The van der Waals surface area contributed by atoms with Gasteiger partial charge in [-0.3, -0.25) is 9.59 Å². The molecular formula is C17H18N2O4. The van der Waals surface area contributed by atoms with Crippen LogP contribution in [-0.2, 0) is 4.79 Å². The van der Waals surface area contributed by atoms with Crippen LogP contribution in [0.2, 0.25) is 0 Å². The summed E-state index contributed by atoms with van der Waals surface area (Å²) in [6.45, 7) is 3.68. The number of pyridine rings is 1. The van der Waals surface area contributed by atoms with Gasteiger partial charge in [-0.2, -0.15) is 0 Å². The summed E-state index contributed by atoms with van der Waals surface area (Å²) < 4.78 is 0. The Bertz CT molecular complexity index is 724. The second-order valence-corrected chi connectivity index (χ2v) is 5.44. The third-order valence-electron chi connectivity index (χ3n) is 3.39. The van der Waals surface area contributed by atoms with E-state index in [0.717, 1.165) is 5.56 Å². The lowest BCUT2D eigenvalue weighted by Crippen LogP contribution is -2.29. The number of nitrogens with zero attached hydrogens (tertiary/aromatic N) is 1. The number of nitrogens with one attached hydrogen (secondary N) is 1. The SMILES string of the molecule is CC(C)c1ccc(-c2cnc(C(=O)NCC(=O)O)c(O)c2)cc1. The Balaban J connectivity index is 2.21. The average Bonchev–Trinajstić information content (AvgIpc) is 2.52. The minimum atomic E-state index is -1.17. The van der Waals surface area contributed by atoms with Gasteiger partial charge in [0.1, 0.15) is 12.3 Å². The molecule has 0 saturated heterocycles. The number of aromatic hydroxyl groups is 1. The lowest BCUT2D eigenvalue weighted by atomic mass is 9.99. The van der Waals surface area contributed by atoms with Crippen molar-refractivity contribution >= 4 is 11.9 Å².